The molecule has 5 nitrogen and oxygen atoms in total. The number of nitrogen functional groups attached to an aromatic ring is 1. The standard InChI is InChI=1S/C10H18N4OS/c1-3-8-9(11)13-7-14-10(8)12-5-6-16(15)4-2/h7H,3-6H2,1-2H3,(H3,11,12,13,14). The maximum Gasteiger partial charge on any atom is 0.134 e. The molecule has 16 heavy (non-hydrogen) atoms. The highest BCUT2D eigenvalue weighted by Gasteiger charge is 2.06. The first kappa shape index (κ1) is 12.9. The van der Waals surface area contributed by atoms with Crippen LogP contribution in [0.25, 0.3) is 0 Å². The summed E-state index contributed by atoms with van der Waals surface area (Å²) < 4.78 is 11.2. The lowest BCUT2D eigenvalue weighted by atomic mass is 10.2. The van der Waals surface area contributed by atoms with Crippen molar-refractivity contribution < 1.29 is 4.21 Å². The molecule has 0 bridgehead atoms. The zero-order valence-electron chi connectivity index (χ0n) is 9.69. The number of nitrogens with one attached hydrogen (secondary N) is 1. The van der Waals surface area contributed by atoms with Crippen molar-refractivity contribution in [3.63, 3.8) is 0 Å². The quantitative estimate of drug-likeness (QED) is 0.771. The van der Waals surface area contributed by atoms with Crippen LogP contribution in [0.4, 0.5) is 11.6 Å². The van der Waals surface area contributed by atoms with Crippen molar-refractivity contribution in [3.05, 3.63) is 11.9 Å². The molecule has 6 heteroatoms. The molecule has 0 aliphatic carbocycles. The molecule has 1 unspecified atom stereocenters. The Balaban J connectivity index is 2.60. The fraction of sp³-hybridized carbons (Fsp3) is 0.600. The van der Waals surface area contributed by atoms with Gasteiger partial charge in [0.05, 0.1) is 0 Å². The predicted octanol–water partition coefficient (Wildman–Crippen LogP) is 0.802. The number of hydrogen-bond acceptors (Lipinski definition) is 5. The van der Waals surface area contributed by atoms with Crippen molar-refractivity contribution >= 4 is 22.4 Å². The summed E-state index contributed by atoms with van der Waals surface area (Å²) in [5.74, 6) is 2.58. The molecule has 1 atom stereocenters. The minimum atomic E-state index is -0.752. The van der Waals surface area contributed by atoms with Crippen molar-refractivity contribution in [1.29, 1.82) is 0 Å². The van der Waals surface area contributed by atoms with Crippen LogP contribution in [-0.4, -0.2) is 32.2 Å². The van der Waals surface area contributed by atoms with Crippen molar-refractivity contribution in [3.8, 4) is 0 Å². The molecule has 1 rings (SSSR count). The summed E-state index contributed by atoms with van der Waals surface area (Å²) in [4.78, 5) is 8.07. The van der Waals surface area contributed by atoms with Crippen molar-refractivity contribution in [1.82, 2.24) is 9.97 Å². The average Bonchev–Trinajstić information content (AvgIpc) is 2.29. The van der Waals surface area contributed by atoms with Crippen LogP contribution < -0.4 is 11.1 Å². The Labute approximate surface area is 98.3 Å². The number of aromatic nitrogens is 2. The zero-order valence-corrected chi connectivity index (χ0v) is 10.5. The summed E-state index contributed by atoms with van der Waals surface area (Å²) >= 11 is 0. The first-order chi connectivity index (χ1) is 7.69. The Bertz CT molecular complexity index is 370. The number of nitrogens with zero attached hydrogens (tertiary/aromatic N) is 2. The summed E-state index contributed by atoms with van der Waals surface area (Å²) in [6.07, 6.45) is 2.22. The van der Waals surface area contributed by atoms with Crippen LogP contribution in [0.2, 0.25) is 0 Å². The molecule has 1 heterocycles. The highest BCUT2D eigenvalue weighted by Crippen LogP contribution is 2.16. The van der Waals surface area contributed by atoms with E-state index in [-0.39, 0.29) is 0 Å². The minimum Gasteiger partial charge on any atom is -0.383 e. The lowest BCUT2D eigenvalue weighted by molar-refractivity contribution is 0.684. The topological polar surface area (TPSA) is 80.9 Å². The molecule has 0 amide bonds. The van der Waals surface area contributed by atoms with Gasteiger partial charge < -0.3 is 11.1 Å². The van der Waals surface area contributed by atoms with Crippen LogP contribution in [0.3, 0.4) is 0 Å². The number of anilines is 2. The van der Waals surface area contributed by atoms with E-state index in [0.717, 1.165) is 17.8 Å². The molecular weight excluding hydrogens is 224 g/mol. The van der Waals surface area contributed by atoms with Gasteiger partial charge in [-0.15, -0.1) is 0 Å². The van der Waals surface area contributed by atoms with E-state index in [1.165, 1.54) is 6.33 Å². The fourth-order valence-corrected chi connectivity index (χ4v) is 1.97. The van der Waals surface area contributed by atoms with Crippen LogP contribution in [-0.2, 0) is 17.2 Å². The average molecular weight is 242 g/mol. The van der Waals surface area contributed by atoms with Crippen LogP contribution in [0, 0.1) is 0 Å². The second-order valence-corrected chi connectivity index (χ2v) is 5.16. The Morgan fingerprint density at radius 2 is 2.19 bits per heavy atom. The highest BCUT2D eigenvalue weighted by molar-refractivity contribution is 7.84. The van der Waals surface area contributed by atoms with Crippen molar-refractivity contribution in [2.24, 2.45) is 0 Å². The molecule has 0 radical (unpaired) electrons. The Morgan fingerprint density at radius 1 is 1.44 bits per heavy atom. The molecule has 0 aliphatic rings. The van der Waals surface area contributed by atoms with E-state index >= 15 is 0 Å². The van der Waals surface area contributed by atoms with E-state index in [0.29, 0.717) is 23.9 Å². The second-order valence-electron chi connectivity index (χ2n) is 3.30. The van der Waals surface area contributed by atoms with Gasteiger partial charge in [0.25, 0.3) is 0 Å². The Kier molecular flexibility index (Phi) is 5.18. The van der Waals surface area contributed by atoms with E-state index < -0.39 is 10.8 Å². The van der Waals surface area contributed by atoms with E-state index in [4.69, 9.17) is 5.73 Å². The van der Waals surface area contributed by atoms with Gasteiger partial charge in [0.15, 0.2) is 0 Å². The van der Waals surface area contributed by atoms with Crippen LogP contribution in [0.5, 0.6) is 0 Å². The van der Waals surface area contributed by atoms with Crippen LogP contribution in [0.15, 0.2) is 6.33 Å². The van der Waals surface area contributed by atoms with Crippen LogP contribution in [0.1, 0.15) is 19.4 Å². The SMILES string of the molecule is CCc1c(N)ncnc1NCCS(=O)CC. The molecule has 90 valence electrons. The van der Waals surface area contributed by atoms with Gasteiger partial charge in [-0.2, -0.15) is 0 Å². The smallest absolute Gasteiger partial charge is 0.134 e. The summed E-state index contributed by atoms with van der Waals surface area (Å²) in [6, 6.07) is 0. The Hall–Kier alpha value is -1.17. The van der Waals surface area contributed by atoms with Gasteiger partial charge in [-0.1, -0.05) is 13.8 Å². The number of rotatable bonds is 6. The van der Waals surface area contributed by atoms with Crippen molar-refractivity contribution in [2.45, 2.75) is 20.3 Å². The summed E-state index contributed by atoms with van der Waals surface area (Å²) in [6.45, 7) is 4.56. The maximum atomic E-state index is 11.2. The molecule has 0 aromatic carbocycles. The number of nitrogens with two attached hydrogens (primary N) is 1. The molecule has 0 saturated carbocycles. The zero-order chi connectivity index (χ0) is 12.0. The molecule has 0 fully saturated rings. The molecule has 0 saturated heterocycles. The van der Waals surface area contributed by atoms with Crippen LogP contribution >= 0.6 is 0 Å². The van der Waals surface area contributed by atoms with Gasteiger partial charge in [0.1, 0.15) is 18.0 Å². The predicted molar refractivity (Wildman–Crippen MR) is 67.9 cm³/mol. The van der Waals surface area contributed by atoms with E-state index in [9.17, 15) is 4.21 Å². The summed E-state index contributed by atoms with van der Waals surface area (Å²) in [7, 11) is -0.752. The van der Waals surface area contributed by atoms with Gasteiger partial charge >= 0.3 is 0 Å². The van der Waals surface area contributed by atoms with Gasteiger partial charge in [-0.25, -0.2) is 9.97 Å². The van der Waals surface area contributed by atoms with Gasteiger partial charge in [0, 0.05) is 34.4 Å². The van der Waals surface area contributed by atoms with E-state index in [1.807, 2.05) is 13.8 Å². The third kappa shape index (κ3) is 3.44. The van der Waals surface area contributed by atoms with E-state index in [2.05, 4.69) is 15.3 Å². The van der Waals surface area contributed by atoms with Gasteiger partial charge in [-0.05, 0) is 6.42 Å². The maximum absolute atomic E-state index is 11.2. The van der Waals surface area contributed by atoms with Gasteiger partial charge in [-0.3, -0.25) is 4.21 Å². The molecule has 3 N–H and O–H groups in total. The summed E-state index contributed by atoms with van der Waals surface area (Å²) in [5, 5.41) is 3.15. The molecule has 0 aliphatic heterocycles. The Morgan fingerprint density at radius 3 is 2.81 bits per heavy atom. The molecule has 1 aromatic heterocycles. The summed E-state index contributed by atoms with van der Waals surface area (Å²) in [5.41, 5.74) is 6.66. The highest BCUT2D eigenvalue weighted by atomic mass is 32.2. The van der Waals surface area contributed by atoms with Gasteiger partial charge in [0.2, 0.25) is 0 Å². The van der Waals surface area contributed by atoms with Crippen molar-refractivity contribution in [2.75, 3.05) is 29.1 Å². The number of hydrogen-bond donors (Lipinski definition) is 2. The third-order valence-electron chi connectivity index (χ3n) is 2.28. The fourth-order valence-electron chi connectivity index (χ4n) is 1.35. The minimum absolute atomic E-state index is 0.511. The van der Waals surface area contributed by atoms with E-state index in [1.54, 1.807) is 0 Å². The molecular formula is C10H18N4OS. The molecule has 0 spiro atoms. The first-order valence-corrected chi connectivity index (χ1v) is 6.86. The normalized spacial score (nSPS) is 12.4. The lowest BCUT2D eigenvalue weighted by Gasteiger charge is -2.10. The first-order valence-electron chi connectivity index (χ1n) is 5.37. The monoisotopic (exact) mass is 242 g/mol. The second kappa shape index (κ2) is 6.42. The third-order valence-corrected chi connectivity index (χ3v) is 3.58. The molecule has 1 aromatic rings. The lowest BCUT2D eigenvalue weighted by Crippen LogP contribution is -2.15. The largest absolute Gasteiger partial charge is 0.383 e.